The lowest BCUT2D eigenvalue weighted by Gasteiger charge is -2.26. The van der Waals surface area contributed by atoms with Crippen LogP contribution in [0.4, 0.5) is 17.1 Å². The lowest BCUT2D eigenvalue weighted by molar-refractivity contribution is 0.621. The first kappa shape index (κ1) is 30.6. The molecule has 2 aromatic heterocycles. The van der Waals surface area contributed by atoms with Gasteiger partial charge in [-0.05, 0) is 94.5 Å². The average Bonchev–Trinajstić information content (AvgIpc) is 3.84. The van der Waals surface area contributed by atoms with Gasteiger partial charge in [-0.3, -0.25) is 0 Å². The maximum atomic E-state index is 6.55. The first-order valence-electron chi connectivity index (χ1n) is 17.8. The highest BCUT2D eigenvalue weighted by Gasteiger charge is 2.18. The Balaban J connectivity index is 1.05. The van der Waals surface area contributed by atoms with Crippen LogP contribution in [0.25, 0.3) is 77.9 Å². The number of nitrogens with zero attached hydrogens (tertiary/aromatic N) is 2. The van der Waals surface area contributed by atoms with Crippen molar-refractivity contribution in [1.82, 2.24) is 4.98 Å². The van der Waals surface area contributed by atoms with E-state index in [1.54, 1.807) is 0 Å². The topological polar surface area (TPSA) is 42.4 Å². The molecule has 0 saturated heterocycles. The highest BCUT2D eigenvalue weighted by atomic mass is 16.3. The van der Waals surface area contributed by atoms with E-state index in [4.69, 9.17) is 13.8 Å². The third kappa shape index (κ3) is 5.63. The van der Waals surface area contributed by atoms with Crippen molar-refractivity contribution in [2.45, 2.75) is 0 Å². The zero-order chi connectivity index (χ0) is 35.1. The smallest absolute Gasteiger partial charge is 0.227 e. The molecule has 10 rings (SSSR count). The predicted molar refractivity (Wildman–Crippen MR) is 218 cm³/mol. The number of oxazole rings is 1. The molecule has 8 aromatic carbocycles. The summed E-state index contributed by atoms with van der Waals surface area (Å²) in [7, 11) is 0. The molecular formula is C49H32N2O2. The molecule has 4 heteroatoms. The summed E-state index contributed by atoms with van der Waals surface area (Å²) >= 11 is 0. The Kier molecular flexibility index (Phi) is 7.43. The summed E-state index contributed by atoms with van der Waals surface area (Å²) in [5, 5.41) is 2.11. The second kappa shape index (κ2) is 12.9. The van der Waals surface area contributed by atoms with Gasteiger partial charge in [-0.1, -0.05) is 121 Å². The van der Waals surface area contributed by atoms with E-state index < -0.39 is 0 Å². The Labute approximate surface area is 306 Å². The Morgan fingerprint density at radius 3 is 1.53 bits per heavy atom. The van der Waals surface area contributed by atoms with Gasteiger partial charge in [0, 0.05) is 45.0 Å². The van der Waals surface area contributed by atoms with Crippen LogP contribution in [-0.4, -0.2) is 4.98 Å². The highest BCUT2D eigenvalue weighted by molar-refractivity contribution is 6.08. The molecule has 0 unspecified atom stereocenters. The molecule has 0 saturated carbocycles. The third-order valence-corrected chi connectivity index (χ3v) is 9.93. The molecule has 0 spiro atoms. The summed E-state index contributed by atoms with van der Waals surface area (Å²) in [5.41, 5.74) is 14.1. The number of aromatic nitrogens is 1. The number of hydrogen-bond donors (Lipinski definition) is 0. The largest absolute Gasteiger partial charge is 0.456 e. The van der Waals surface area contributed by atoms with E-state index in [1.165, 1.54) is 22.3 Å². The number of anilines is 3. The van der Waals surface area contributed by atoms with Gasteiger partial charge in [0.15, 0.2) is 5.58 Å². The molecule has 0 aliphatic carbocycles. The zero-order valence-corrected chi connectivity index (χ0v) is 28.7. The first-order chi connectivity index (χ1) is 26.2. The van der Waals surface area contributed by atoms with Gasteiger partial charge in [0.2, 0.25) is 5.89 Å². The Morgan fingerprint density at radius 2 is 0.906 bits per heavy atom. The molecule has 0 N–H and O–H groups in total. The molecule has 0 amide bonds. The summed E-state index contributed by atoms with van der Waals surface area (Å²) in [6.07, 6.45) is 0. The van der Waals surface area contributed by atoms with E-state index in [0.29, 0.717) is 5.89 Å². The minimum Gasteiger partial charge on any atom is -0.456 e. The van der Waals surface area contributed by atoms with E-state index in [-0.39, 0.29) is 0 Å². The van der Waals surface area contributed by atoms with Gasteiger partial charge in [-0.25, -0.2) is 4.98 Å². The number of rotatable bonds is 7. The average molecular weight is 681 g/mol. The van der Waals surface area contributed by atoms with Crippen LogP contribution in [0.1, 0.15) is 0 Å². The Morgan fingerprint density at radius 1 is 0.358 bits per heavy atom. The molecule has 0 aliphatic rings. The molecule has 53 heavy (non-hydrogen) atoms. The molecule has 0 bridgehead atoms. The third-order valence-electron chi connectivity index (χ3n) is 9.93. The van der Waals surface area contributed by atoms with Gasteiger partial charge in [0.25, 0.3) is 0 Å². The zero-order valence-electron chi connectivity index (χ0n) is 28.7. The monoisotopic (exact) mass is 680 g/mol. The van der Waals surface area contributed by atoms with Crippen molar-refractivity contribution in [3.63, 3.8) is 0 Å². The summed E-state index contributed by atoms with van der Waals surface area (Å²) in [4.78, 5) is 7.09. The van der Waals surface area contributed by atoms with Crippen LogP contribution in [0.2, 0.25) is 0 Å². The summed E-state index contributed by atoms with van der Waals surface area (Å²) < 4.78 is 12.9. The molecule has 250 valence electrons. The van der Waals surface area contributed by atoms with E-state index in [2.05, 4.69) is 144 Å². The van der Waals surface area contributed by atoms with Crippen molar-refractivity contribution in [2.24, 2.45) is 0 Å². The number of furan rings is 1. The van der Waals surface area contributed by atoms with Gasteiger partial charge >= 0.3 is 0 Å². The van der Waals surface area contributed by atoms with Gasteiger partial charge in [-0.2, -0.15) is 0 Å². The lowest BCUT2D eigenvalue weighted by Crippen LogP contribution is -2.09. The van der Waals surface area contributed by atoms with Crippen molar-refractivity contribution >= 4 is 50.1 Å². The molecule has 0 fully saturated rings. The fourth-order valence-corrected chi connectivity index (χ4v) is 7.27. The van der Waals surface area contributed by atoms with Crippen molar-refractivity contribution in [1.29, 1.82) is 0 Å². The van der Waals surface area contributed by atoms with Crippen molar-refractivity contribution in [2.75, 3.05) is 4.90 Å². The molecule has 2 heterocycles. The maximum absolute atomic E-state index is 6.55. The minimum atomic E-state index is 0.615. The maximum Gasteiger partial charge on any atom is 0.227 e. The first-order valence-corrected chi connectivity index (χ1v) is 17.8. The van der Waals surface area contributed by atoms with Crippen LogP contribution in [0, 0.1) is 0 Å². The molecule has 0 radical (unpaired) electrons. The van der Waals surface area contributed by atoms with Gasteiger partial charge in [0.1, 0.15) is 16.7 Å². The predicted octanol–water partition coefficient (Wildman–Crippen LogP) is 13.9. The van der Waals surface area contributed by atoms with E-state index in [1.807, 2.05) is 54.6 Å². The molecule has 0 atom stereocenters. The van der Waals surface area contributed by atoms with Crippen LogP contribution in [-0.2, 0) is 0 Å². The Hall–Kier alpha value is -7.17. The van der Waals surface area contributed by atoms with Crippen molar-refractivity contribution in [3.05, 3.63) is 194 Å². The van der Waals surface area contributed by atoms with E-state index in [0.717, 1.165) is 66.8 Å². The fraction of sp³-hybridized carbons (Fsp3) is 0. The number of benzene rings is 8. The van der Waals surface area contributed by atoms with Crippen LogP contribution < -0.4 is 4.90 Å². The molecule has 10 aromatic rings. The number of para-hydroxylation sites is 1. The normalized spacial score (nSPS) is 11.4. The fourth-order valence-electron chi connectivity index (χ4n) is 7.27. The van der Waals surface area contributed by atoms with Crippen LogP contribution >= 0.6 is 0 Å². The second-order valence-corrected chi connectivity index (χ2v) is 13.2. The standard InChI is InChI=1S/C49H32N2O2/c1-4-11-33(12-5-1)35-19-24-39(25-20-35)51(40-26-21-36(22-27-40)34-13-6-2-7-14-34)41-28-29-43-44-31-38(23-30-46(44)52-47(43)32-41)42-17-10-18-45-48(42)53-49(50-45)37-15-8-3-9-16-37/h1-32H. The minimum absolute atomic E-state index is 0.615. The Bertz CT molecular complexity index is 2770. The molecular weight excluding hydrogens is 649 g/mol. The number of hydrogen-bond acceptors (Lipinski definition) is 4. The summed E-state index contributed by atoms with van der Waals surface area (Å²) in [5.74, 6) is 0.615. The van der Waals surface area contributed by atoms with Gasteiger partial charge < -0.3 is 13.7 Å². The summed E-state index contributed by atoms with van der Waals surface area (Å²) in [6, 6.07) is 67.5. The quantitative estimate of drug-likeness (QED) is 0.168. The number of fused-ring (bicyclic) bond motifs is 4. The molecule has 4 nitrogen and oxygen atoms in total. The second-order valence-electron chi connectivity index (χ2n) is 13.2. The molecule has 0 aliphatic heterocycles. The highest BCUT2D eigenvalue weighted by Crippen LogP contribution is 2.41. The van der Waals surface area contributed by atoms with E-state index >= 15 is 0 Å². The van der Waals surface area contributed by atoms with Crippen LogP contribution in [0.3, 0.4) is 0 Å². The SMILES string of the molecule is c1ccc(-c2ccc(N(c3ccc(-c4ccccc4)cc3)c3ccc4c(c3)oc3ccc(-c5cccc6nc(-c7ccccc7)oc56)cc34)cc2)cc1. The van der Waals surface area contributed by atoms with Crippen molar-refractivity contribution in [3.8, 4) is 44.8 Å². The van der Waals surface area contributed by atoms with Crippen LogP contribution in [0.5, 0.6) is 0 Å². The van der Waals surface area contributed by atoms with Crippen molar-refractivity contribution < 1.29 is 8.83 Å². The van der Waals surface area contributed by atoms with E-state index in [9.17, 15) is 0 Å². The van der Waals surface area contributed by atoms with Gasteiger partial charge in [-0.15, -0.1) is 0 Å². The summed E-state index contributed by atoms with van der Waals surface area (Å²) in [6.45, 7) is 0. The lowest BCUT2D eigenvalue weighted by atomic mass is 10.0. The van der Waals surface area contributed by atoms with Gasteiger partial charge in [0.05, 0.1) is 0 Å². The van der Waals surface area contributed by atoms with Crippen LogP contribution in [0.15, 0.2) is 203 Å².